The van der Waals surface area contributed by atoms with Crippen LogP contribution in [0, 0.1) is 11.5 Å². The number of hydrogen-bond donors (Lipinski definition) is 2. The molecule has 7 nitrogen and oxygen atoms in total. The summed E-state index contributed by atoms with van der Waals surface area (Å²) in [5.74, 6) is 2.14. The van der Waals surface area contributed by atoms with Gasteiger partial charge in [0.05, 0.1) is 23.8 Å². The largest absolute Gasteiger partial charge is 0.457 e. The number of nitrogens with two attached hydrogens (primary N) is 2. The van der Waals surface area contributed by atoms with E-state index in [2.05, 4.69) is 6.19 Å². The van der Waals surface area contributed by atoms with E-state index >= 15 is 0 Å². The summed E-state index contributed by atoms with van der Waals surface area (Å²) in [4.78, 5) is 1.93. The number of benzene rings is 2. The number of ether oxygens (including phenoxy) is 1. The second kappa shape index (κ2) is 7.64. The van der Waals surface area contributed by atoms with Gasteiger partial charge in [0.1, 0.15) is 17.3 Å². The van der Waals surface area contributed by atoms with Gasteiger partial charge in [-0.25, -0.2) is 4.68 Å². The Bertz CT molecular complexity index is 1110. The molecule has 5 rings (SSSR count). The molecular weight excluding hydrogens is 388 g/mol. The molecule has 1 spiro atoms. The minimum absolute atomic E-state index is 0.0746. The molecule has 2 fully saturated rings. The number of anilines is 1. The smallest absolute Gasteiger partial charge is 0.179 e. The fraction of sp³-hybridized carbons (Fsp3) is 0.333. The number of nitriles is 1. The van der Waals surface area contributed by atoms with Crippen molar-refractivity contribution >= 4 is 5.82 Å². The summed E-state index contributed by atoms with van der Waals surface area (Å²) in [5.41, 5.74) is 15.2. The number of nitrogen functional groups attached to an aromatic ring is 1. The number of para-hydroxylation sites is 1. The van der Waals surface area contributed by atoms with Crippen LogP contribution >= 0.6 is 0 Å². The summed E-state index contributed by atoms with van der Waals surface area (Å²) in [6.45, 7) is 0.956. The van der Waals surface area contributed by atoms with Gasteiger partial charge in [0.15, 0.2) is 6.19 Å². The van der Waals surface area contributed by atoms with Crippen molar-refractivity contribution < 1.29 is 4.74 Å². The predicted octanol–water partition coefficient (Wildman–Crippen LogP) is 4.03. The molecular formula is C24H26N6O. The third-order valence-corrected chi connectivity index (χ3v) is 6.56. The maximum atomic E-state index is 9.60. The first kappa shape index (κ1) is 19.5. The van der Waals surface area contributed by atoms with Crippen molar-refractivity contribution in [2.45, 2.75) is 43.8 Å². The number of piperidine rings is 1. The fourth-order valence-electron chi connectivity index (χ4n) is 4.58. The van der Waals surface area contributed by atoms with E-state index in [9.17, 15) is 5.26 Å². The number of rotatable bonds is 5. The Morgan fingerprint density at radius 3 is 2.42 bits per heavy atom. The van der Waals surface area contributed by atoms with Crippen LogP contribution < -0.4 is 16.2 Å². The molecule has 2 heterocycles. The molecule has 1 unspecified atom stereocenters. The molecule has 2 aromatic carbocycles. The number of likely N-dealkylation sites (tertiary alicyclic amines) is 1. The van der Waals surface area contributed by atoms with Crippen LogP contribution in [0.5, 0.6) is 11.5 Å². The lowest BCUT2D eigenvalue weighted by molar-refractivity contribution is 0.150. The first-order valence-electron chi connectivity index (χ1n) is 10.7. The van der Waals surface area contributed by atoms with E-state index < -0.39 is 0 Å². The monoisotopic (exact) mass is 414 g/mol. The average Bonchev–Trinajstić information content (AvgIpc) is 3.50. The van der Waals surface area contributed by atoms with Gasteiger partial charge in [0.2, 0.25) is 0 Å². The van der Waals surface area contributed by atoms with Crippen molar-refractivity contribution in [3.05, 3.63) is 60.2 Å². The summed E-state index contributed by atoms with van der Waals surface area (Å²) >= 11 is 0. The van der Waals surface area contributed by atoms with Gasteiger partial charge in [-0.05, 0) is 62.1 Å². The zero-order valence-corrected chi connectivity index (χ0v) is 17.4. The van der Waals surface area contributed by atoms with E-state index in [-0.39, 0.29) is 11.6 Å². The van der Waals surface area contributed by atoms with Gasteiger partial charge < -0.3 is 21.1 Å². The van der Waals surface area contributed by atoms with Gasteiger partial charge >= 0.3 is 0 Å². The van der Waals surface area contributed by atoms with Gasteiger partial charge in [0.25, 0.3) is 0 Å². The molecule has 1 saturated carbocycles. The van der Waals surface area contributed by atoms with Crippen LogP contribution in [0.3, 0.4) is 0 Å². The minimum atomic E-state index is 0.0746. The van der Waals surface area contributed by atoms with E-state index in [1.165, 1.54) is 0 Å². The lowest BCUT2D eigenvalue weighted by Crippen LogP contribution is -2.43. The van der Waals surface area contributed by atoms with Gasteiger partial charge in [-0.15, -0.1) is 0 Å². The summed E-state index contributed by atoms with van der Waals surface area (Å²) < 4.78 is 7.77. The highest BCUT2D eigenvalue weighted by Crippen LogP contribution is 2.50. The van der Waals surface area contributed by atoms with Crippen LogP contribution in [0.15, 0.2) is 54.6 Å². The molecule has 1 atom stereocenters. The first-order chi connectivity index (χ1) is 15.1. The van der Waals surface area contributed by atoms with E-state index in [0.29, 0.717) is 18.9 Å². The Morgan fingerprint density at radius 2 is 1.77 bits per heavy atom. The van der Waals surface area contributed by atoms with Crippen molar-refractivity contribution in [3.8, 4) is 28.9 Å². The zero-order valence-electron chi connectivity index (χ0n) is 17.4. The normalized spacial score (nSPS) is 19.2. The first-order valence-corrected chi connectivity index (χ1v) is 10.7. The van der Waals surface area contributed by atoms with Gasteiger partial charge in [-0.1, -0.05) is 18.2 Å². The zero-order chi connectivity index (χ0) is 21.4. The van der Waals surface area contributed by atoms with Crippen molar-refractivity contribution in [3.63, 3.8) is 0 Å². The number of hydrogen-bond acceptors (Lipinski definition) is 6. The van der Waals surface area contributed by atoms with Crippen LogP contribution in [-0.2, 0) is 6.54 Å². The minimum Gasteiger partial charge on any atom is -0.457 e. The van der Waals surface area contributed by atoms with E-state index in [0.717, 1.165) is 54.0 Å². The molecule has 1 aliphatic heterocycles. The Morgan fingerprint density at radius 1 is 1.06 bits per heavy atom. The van der Waals surface area contributed by atoms with Crippen LogP contribution in [0.1, 0.15) is 37.3 Å². The SMILES string of the molecule is N#CN1CC(n2nc(-c3ccc(Oc4ccccc4)cc3)c(CN)c2N)CCC12CC2. The molecule has 1 saturated heterocycles. The molecule has 1 aromatic heterocycles. The van der Waals surface area contributed by atoms with E-state index in [4.69, 9.17) is 21.3 Å². The average molecular weight is 415 g/mol. The number of nitrogens with zero attached hydrogens (tertiary/aromatic N) is 4. The Kier molecular flexibility index (Phi) is 4.79. The van der Waals surface area contributed by atoms with Crippen molar-refractivity contribution in [1.82, 2.24) is 14.7 Å². The van der Waals surface area contributed by atoms with Crippen LogP contribution in [0.2, 0.25) is 0 Å². The quantitative estimate of drug-likeness (QED) is 0.611. The highest BCUT2D eigenvalue weighted by Gasteiger charge is 2.51. The summed E-state index contributed by atoms with van der Waals surface area (Å²) in [7, 11) is 0. The lowest BCUT2D eigenvalue weighted by atomic mass is 9.97. The topological polar surface area (TPSA) is 106 Å². The van der Waals surface area contributed by atoms with Crippen LogP contribution in [0.4, 0.5) is 5.82 Å². The molecule has 7 heteroatoms. The van der Waals surface area contributed by atoms with Crippen molar-refractivity contribution in [2.75, 3.05) is 12.3 Å². The molecule has 3 aromatic rings. The van der Waals surface area contributed by atoms with Gasteiger partial charge in [0, 0.05) is 17.7 Å². The van der Waals surface area contributed by atoms with Gasteiger partial charge in [-0.2, -0.15) is 10.4 Å². The highest BCUT2D eigenvalue weighted by atomic mass is 16.5. The predicted molar refractivity (Wildman–Crippen MR) is 119 cm³/mol. The summed E-state index contributed by atoms with van der Waals surface area (Å²) in [6, 6.07) is 17.6. The van der Waals surface area contributed by atoms with Crippen LogP contribution in [-0.4, -0.2) is 26.8 Å². The van der Waals surface area contributed by atoms with Crippen LogP contribution in [0.25, 0.3) is 11.3 Å². The second-order valence-corrected chi connectivity index (χ2v) is 8.43. The molecule has 4 N–H and O–H groups in total. The third kappa shape index (κ3) is 3.49. The molecule has 2 aliphatic rings. The molecule has 158 valence electrons. The third-order valence-electron chi connectivity index (χ3n) is 6.56. The summed E-state index contributed by atoms with van der Waals surface area (Å²) in [5, 5.41) is 14.5. The summed E-state index contributed by atoms with van der Waals surface area (Å²) in [6.07, 6.45) is 6.57. The molecule has 0 bridgehead atoms. The second-order valence-electron chi connectivity index (χ2n) is 8.43. The standard InChI is InChI=1S/C24H26N6O/c25-14-21-22(17-6-8-20(9-7-17)31-19-4-2-1-3-5-19)28-30(23(21)27)18-10-11-24(12-13-24)29(15-18)16-26/h1-9,18H,10-15,25,27H2. The molecule has 31 heavy (non-hydrogen) atoms. The van der Waals surface area contributed by atoms with E-state index in [1.54, 1.807) is 0 Å². The molecule has 0 radical (unpaired) electrons. The highest BCUT2D eigenvalue weighted by molar-refractivity contribution is 5.69. The van der Waals surface area contributed by atoms with Crippen molar-refractivity contribution in [1.29, 1.82) is 5.26 Å². The van der Waals surface area contributed by atoms with Crippen molar-refractivity contribution in [2.24, 2.45) is 5.73 Å². The number of aromatic nitrogens is 2. The van der Waals surface area contributed by atoms with E-state index in [1.807, 2.05) is 64.2 Å². The molecule has 0 amide bonds. The lowest BCUT2D eigenvalue weighted by Gasteiger charge is -2.36. The fourth-order valence-corrected chi connectivity index (χ4v) is 4.58. The maximum absolute atomic E-state index is 9.60. The Hall–Kier alpha value is -3.50. The molecule has 1 aliphatic carbocycles. The maximum Gasteiger partial charge on any atom is 0.179 e. The Labute approximate surface area is 181 Å². The Balaban J connectivity index is 1.40. The van der Waals surface area contributed by atoms with Gasteiger partial charge in [-0.3, -0.25) is 0 Å².